The highest BCUT2D eigenvalue weighted by molar-refractivity contribution is 5.80. The van der Waals surface area contributed by atoms with Gasteiger partial charge in [0, 0.05) is 24.9 Å². The first-order chi connectivity index (χ1) is 11.2. The van der Waals surface area contributed by atoms with Crippen LogP contribution in [0.25, 0.3) is 0 Å². The molecule has 0 aromatic carbocycles. The zero-order chi connectivity index (χ0) is 16.1. The van der Waals surface area contributed by atoms with Crippen molar-refractivity contribution in [2.45, 2.75) is 50.7 Å². The molecule has 6 heteroatoms. The lowest BCUT2D eigenvalue weighted by Gasteiger charge is -2.29. The van der Waals surface area contributed by atoms with Crippen molar-refractivity contribution in [1.29, 1.82) is 0 Å². The van der Waals surface area contributed by atoms with Gasteiger partial charge in [-0.25, -0.2) is 0 Å². The minimum absolute atomic E-state index is 0.0234. The van der Waals surface area contributed by atoms with Crippen molar-refractivity contribution in [1.82, 2.24) is 20.2 Å². The second-order valence-corrected chi connectivity index (χ2v) is 6.54. The van der Waals surface area contributed by atoms with E-state index in [4.69, 9.17) is 4.74 Å². The Morgan fingerprint density at radius 3 is 2.78 bits per heavy atom. The lowest BCUT2D eigenvalue weighted by molar-refractivity contribution is -0.135. The lowest BCUT2D eigenvalue weighted by Crippen LogP contribution is -2.38. The zero-order valence-electron chi connectivity index (χ0n) is 13.8. The van der Waals surface area contributed by atoms with Crippen molar-refractivity contribution < 1.29 is 9.53 Å². The Kier molecular flexibility index (Phi) is 5.56. The van der Waals surface area contributed by atoms with Crippen LogP contribution in [0.15, 0.2) is 12.4 Å². The van der Waals surface area contributed by atoms with Crippen LogP contribution in [-0.4, -0.2) is 53.6 Å². The number of nitrogens with zero attached hydrogens (tertiary/aromatic N) is 3. The third kappa shape index (κ3) is 4.26. The summed E-state index contributed by atoms with van der Waals surface area (Å²) in [5.74, 6) is 0.419. The van der Waals surface area contributed by atoms with E-state index in [1.165, 1.54) is 0 Å². The number of ether oxygens (including phenoxy) is 1. The highest BCUT2D eigenvalue weighted by Gasteiger charge is 2.24. The smallest absolute Gasteiger partial charge is 0.249 e. The van der Waals surface area contributed by atoms with E-state index in [-0.39, 0.29) is 12.0 Å². The Morgan fingerprint density at radius 2 is 2.04 bits per heavy atom. The van der Waals surface area contributed by atoms with Crippen LogP contribution in [0.1, 0.15) is 49.4 Å². The number of carbonyl (C=O) groups excluding carboxylic acids is 1. The van der Waals surface area contributed by atoms with Gasteiger partial charge < -0.3 is 15.0 Å². The maximum Gasteiger partial charge on any atom is 0.249 e. The molecule has 1 aromatic heterocycles. The maximum absolute atomic E-state index is 12.2. The number of likely N-dealkylation sites (tertiary alicyclic amines) is 1. The SMILES string of the molecule is CN1CCC(c2nccnc2CNC(=O)[C@@H]2CCCCO2)CC1. The van der Waals surface area contributed by atoms with Gasteiger partial charge in [-0.3, -0.25) is 14.8 Å². The molecule has 3 heterocycles. The number of hydrogen-bond donors (Lipinski definition) is 1. The molecular weight excluding hydrogens is 292 g/mol. The van der Waals surface area contributed by atoms with E-state index in [1.807, 2.05) is 0 Å². The van der Waals surface area contributed by atoms with Crippen LogP contribution in [0.2, 0.25) is 0 Å². The fraction of sp³-hybridized carbons (Fsp3) is 0.706. The molecule has 2 fully saturated rings. The number of rotatable bonds is 4. The first kappa shape index (κ1) is 16.3. The molecule has 1 atom stereocenters. The summed E-state index contributed by atoms with van der Waals surface area (Å²) in [6.45, 7) is 3.30. The summed E-state index contributed by atoms with van der Waals surface area (Å²) in [4.78, 5) is 23.6. The Morgan fingerprint density at radius 1 is 1.26 bits per heavy atom. The van der Waals surface area contributed by atoms with Crippen LogP contribution in [0.5, 0.6) is 0 Å². The van der Waals surface area contributed by atoms with Crippen molar-refractivity contribution in [3.63, 3.8) is 0 Å². The molecule has 0 spiro atoms. The van der Waals surface area contributed by atoms with E-state index in [2.05, 4.69) is 27.2 Å². The molecule has 3 rings (SSSR count). The van der Waals surface area contributed by atoms with E-state index in [0.29, 0.717) is 19.1 Å². The van der Waals surface area contributed by atoms with Gasteiger partial charge in [0.15, 0.2) is 0 Å². The lowest BCUT2D eigenvalue weighted by atomic mass is 9.92. The molecule has 2 aliphatic rings. The number of aromatic nitrogens is 2. The Balaban J connectivity index is 1.60. The summed E-state index contributed by atoms with van der Waals surface area (Å²) in [5.41, 5.74) is 1.94. The summed E-state index contributed by atoms with van der Waals surface area (Å²) in [5, 5.41) is 2.98. The third-order valence-corrected chi connectivity index (χ3v) is 4.81. The summed E-state index contributed by atoms with van der Waals surface area (Å²) < 4.78 is 5.53. The first-order valence-electron chi connectivity index (χ1n) is 8.61. The molecule has 6 nitrogen and oxygen atoms in total. The minimum Gasteiger partial charge on any atom is -0.368 e. The van der Waals surface area contributed by atoms with Crippen LogP contribution in [-0.2, 0) is 16.1 Å². The van der Waals surface area contributed by atoms with Crippen molar-refractivity contribution in [3.05, 3.63) is 23.8 Å². The van der Waals surface area contributed by atoms with Crippen molar-refractivity contribution in [3.8, 4) is 0 Å². The van der Waals surface area contributed by atoms with E-state index < -0.39 is 0 Å². The Hall–Kier alpha value is -1.53. The quantitative estimate of drug-likeness (QED) is 0.910. The second kappa shape index (κ2) is 7.84. The van der Waals surface area contributed by atoms with E-state index in [9.17, 15) is 4.79 Å². The minimum atomic E-state index is -0.299. The van der Waals surface area contributed by atoms with E-state index >= 15 is 0 Å². The van der Waals surface area contributed by atoms with Crippen LogP contribution >= 0.6 is 0 Å². The molecule has 0 saturated carbocycles. The van der Waals surface area contributed by atoms with E-state index in [1.54, 1.807) is 12.4 Å². The number of carbonyl (C=O) groups is 1. The highest BCUT2D eigenvalue weighted by atomic mass is 16.5. The number of amides is 1. The molecular formula is C17H26N4O2. The van der Waals surface area contributed by atoms with Crippen LogP contribution in [0, 0.1) is 0 Å². The van der Waals surface area contributed by atoms with Crippen molar-refractivity contribution in [2.24, 2.45) is 0 Å². The fourth-order valence-electron chi connectivity index (χ4n) is 3.37. The summed E-state index contributed by atoms with van der Waals surface area (Å²) >= 11 is 0. The first-order valence-corrected chi connectivity index (χ1v) is 8.61. The van der Waals surface area contributed by atoms with Gasteiger partial charge in [0.25, 0.3) is 0 Å². The van der Waals surface area contributed by atoms with Crippen LogP contribution < -0.4 is 5.32 Å². The summed E-state index contributed by atoms with van der Waals surface area (Å²) in [6.07, 6.45) is 8.28. The molecule has 0 radical (unpaired) electrons. The molecule has 0 unspecified atom stereocenters. The van der Waals surface area contributed by atoms with Crippen LogP contribution in [0.3, 0.4) is 0 Å². The molecule has 23 heavy (non-hydrogen) atoms. The van der Waals surface area contributed by atoms with Gasteiger partial charge in [-0.1, -0.05) is 0 Å². The van der Waals surface area contributed by atoms with Gasteiger partial charge in [-0.2, -0.15) is 0 Å². The molecule has 0 aliphatic carbocycles. The standard InChI is InChI=1S/C17H26N4O2/c1-21-9-5-13(6-10-21)16-14(18-7-8-19-16)12-20-17(22)15-4-2-3-11-23-15/h7-8,13,15H,2-6,9-12H2,1H3,(H,20,22)/t15-/m0/s1. The second-order valence-electron chi connectivity index (χ2n) is 6.54. The number of nitrogens with one attached hydrogen (secondary N) is 1. The zero-order valence-corrected chi connectivity index (χ0v) is 13.8. The maximum atomic E-state index is 12.2. The third-order valence-electron chi connectivity index (χ3n) is 4.81. The molecule has 2 aliphatic heterocycles. The van der Waals surface area contributed by atoms with Gasteiger partial charge in [-0.05, 0) is 52.2 Å². The molecule has 1 amide bonds. The largest absolute Gasteiger partial charge is 0.368 e. The molecule has 1 aromatic rings. The monoisotopic (exact) mass is 318 g/mol. The molecule has 2 saturated heterocycles. The fourth-order valence-corrected chi connectivity index (χ4v) is 3.37. The molecule has 126 valence electrons. The topological polar surface area (TPSA) is 67.4 Å². The van der Waals surface area contributed by atoms with Gasteiger partial charge in [0.05, 0.1) is 17.9 Å². The number of hydrogen-bond acceptors (Lipinski definition) is 5. The molecule has 1 N–H and O–H groups in total. The predicted molar refractivity (Wildman–Crippen MR) is 86.9 cm³/mol. The van der Waals surface area contributed by atoms with Gasteiger partial charge in [0.2, 0.25) is 5.91 Å². The summed E-state index contributed by atoms with van der Waals surface area (Å²) in [7, 11) is 2.15. The van der Waals surface area contributed by atoms with Crippen molar-refractivity contribution in [2.75, 3.05) is 26.7 Å². The van der Waals surface area contributed by atoms with Crippen molar-refractivity contribution >= 4 is 5.91 Å². The summed E-state index contributed by atoms with van der Waals surface area (Å²) in [6, 6.07) is 0. The molecule has 0 bridgehead atoms. The Labute approximate surface area is 137 Å². The van der Waals surface area contributed by atoms with E-state index in [0.717, 1.165) is 56.6 Å². The van der Waals surface area contributed by atoms with Gasteiger partial charge in [-0.15, -0.1) is 0 Å². The average Bonchev–Trinajstić information content (AvgIpc) is 2.61. The van der Waals surface area contributed by atoms with Gasteiger partial charge >= 0.3 is 0 Å². The highest BCUT2D eigenvalue weighted by Crippen LogP contribution is 2.27. The van der Waals surface area contributed by atoms with Gasteiger partial charge in [0.1, 0.15) is 6.10 Å². The Bertz CT molecular complexity index is 523. The van der Waals surface area contributed by atoms with Crippen LogP contribution in [0.4, 0.5) is 0 Å². The predicted octanol–water partition coefficient (Wildman–Crippen LogP) is 1.47. The number of piperidine rings is 1. The normalized spacial score (nSPS) is 23.6. The average molecular weight is 318 g/mol.